The largest absolute Gasteiger partial charge is 0.321 e. The summed E-state index contributed by atoms with van der Waals surface area (Å²) in [6.07, 6.45) is 2.83. The van der Waals surface area contributed by atoms with Crippen LogP contribution < -0.4 is 10.2 Å². The molecule has 0 aliphatic heterocycles. The van der Waals surface area contributed by atoms with Gasteiger partial charge in [0.1, 0.15) is 11.4 Å². The molecule has 1 aromatic carbocycles. The number of hydrogen-bond donors (Lipinski definition) is 1. The van der Waals surface area contributed by atoms with Crippen LogP contribution in [0.4, 0.5) is 17.2 Å². The van der Waals surface area contributed by atoms with Gasteiger partial charge in [0.2, 0.25) is 0 Å². The molecule has 0 atom stereocenters. The topological polar surface area (TPSA) is 111 Å². The first-order valence-corrected chi connectivity index (χ1v) is 11.6. The van der Waals surface area contributed by atoms with Gasteiger partial charge in [0, 0.05) is 18.8 Å². The first kappa shape index (κ1) is 24.6. The van der Waals surface area contributed by atoms with Crippen molar-refractivity contribution in [3.63, 3.8) is 0 Å². The number of carbonyl (C=O) groups excluding carboxylic acids is 2. The highest BCUT2D eigenvalue weighted by atomic mass is 35.5. The van der Waals surface area contributed by atoms with Crippen LogP contribution in [0, 0.1) is 0 Å². The van der Waals surface area contributed by atoms with Crippen LogP contribution in [-0.4, -0.2) is 41.6 Å². The Kier molecular flexibility index (Phi) is 7.34. The SMILES string of the molecule is CCn1ncc(Cl)c1C(=O)Nc1ccc(N(C(=O)c2c(Cl)cnn2CC)c2ccc(Cl)nn2)cc1. The molecule has 180 valence electrons. The summed E-state index contributed by atoms with van der Waals surface area (Å²) < 4.78 is 3.00. The Morgan fingerprint density at radius 3 is 2.03 bits per heavy atom. The fourth-order valence-corrected chi connectivity index (χ4v) is 3.96. The fraction of sp³-hybridized carbons (Fsp3) is 0.182. The predicted octanol–water partition coefficient (Wildman–Crippen LogP) is 5.10. The van der Waals surface area contributed by atoms with E-state index >= 15 is 0 Å². The molecule has 2 amide bonds. The Bertz CT molecular complexity index is 1370. The van der Waals surface area contributed by atoms with Gasteiger partial charge in [0.25, 0.3) is 11.8 Å². The average Bonchev–Trinajstić information content (AvgIpc) is 3.43. The zero-order valence-corrected chi connectivity index (χ0v) is 20.9. The van der Waals surface area contributed by atoms with Crippen molar-refractivity contribution in [3.8, 4) is 0 Å². The van der Waals surface area contributed by atoms with Gasteiger partial charge in [0.05, 0.1) is 28.1 Å². The molecule has 0 aliphatic rings. The molecule has 4 aromatic rings. The number of hydrogen-bond acceptors (Lipinski definition) is 6. The predicted molar refractivity (Wildman–Crippen MR) is 134 cm³/mol. The lowest BCUT2D eigenvalue weighted by molar-refractivity contribution is 0.0985. The van der Waals surface area contributed by atoms with Crippen LogP contribution in [0.1, 0.15) is 34.8 Å². The Balaban J connectivity index is 1.67. The van der Waals surface area contributed by atoms with E-state index < -0.39 is 11.8 Å². The van der Waals surface area contributed by atoms with Crippen molar-refractivity contribution in [2.24, 2.45) is 0 Å². The molecule has 35 heavy (non-hydrogen) atoms. The van der Waals surface area contributed by atoms with Crippen LogP contribution in [0.25, 0.3) is 0 Å². The number of carbonyl (C=O) groups is 2. The highest BCUT2D eigenvalue weighted by Crippen LogP contribution is 2.30. The second kappa shape index (κ2) is 10.4. The van der Waals surface area contributed by atoms with Crippen molar-refractivity contribution >= 4 is 63.8 Å². The molecule has 3 heterocycles. The molecule has 1 N–H and O–H groups in total. The third-order valence-electron chi connectivity index (χ3n) is 5.04. The van der Waals surface area contributed by atoms with E-state index in [2.05, 4.69) is 25.7 Å². The first-order valence-electron chi connectivity index (χ1n) is 10.5. The summed E-state index contributed by atoms with van der Waals surface area (Å²) in [6, 6.07) is 9.70. The van der Waals surface area contributed by atoms with Crippen molar-refractivity contribution in [2.45, 2.75) is 26.9 Å². The lowest BCUT2D eigenvalue weighted by Gasteiger charge is -2.22. The summed E-state index contributed by atoms with van der Waals surface area (Å²) in [7, 11) is 0. The van der Waals surface area contributed by atoms with Gasteiger partial charge in [0.15, 0.2) is 11.0 Å². The molecule has 0 spiro atoms. The molecule has 0 saturated carbocycles. The minimum atomic E-state index is -0.457. The van der Waals surface area contributed by atoms with E-state index in [1.54, 1.807) is 30.3 Å². The van der Waals surface area contributed by atoms with E-state index in [-0.39, 0.29) is 32.4 Å². The molecule has 0 unspecified atom stereocenters. The van der Waals surface area contributed by atoms with Crippen molar-refractivity contribution in [1.82, 2.24) is 29.8 Å². The van der Waals surface area contributed by atoms with E-state index in [1.807, 2.05) is 13.8 Å². The average molecular weight is 534 g/mol. The maximum atomic E-state index is 13.6. The van der Waals surface area contributed by atoms with Gasteiger partial charge < -0.3 is 5.32 Å². The smallest absolute Gasteiger partial charge is 0.283 e. The first-order chi connectivity index (χ1) is 16.8. The third-order valence-corrected chi connectivity index (χ3v) is 5.79. The maximum Gasteiger partial charge on any atom is 0.283 e. The van der Waals surface area contributed by atoms with Gasteiger partial charge in [-0.15, -0.1) is 10.2 Å². The molecule has 10 nitrogen and oxygen atoms in total. The summed E-state index contributed by atoms with van der Waals surface area (Å²) in [5, 5.41) is 19.6. The van der Waals surface area contributed by atoms with E-state index in [9.17, 15) is 9.59 Å². The van der Waals surface area contributed by atoms with Gasteiger partial charge in [-0.25, -0.2) is 0 Å². The second-order valence-electron chi connectivity index (χ2n) is 7.17. The van der Waals surface area contributed by atoms with Crippen LogP contribution in [-0.2, 0) is 13.1 Å². The number of nitrogens with zero attached hydrogens (tertiary/aromatic N) is 7. The van der Waals surface area contributed by atoms with E-state index in [1.165, 1.54) is 32.7 Å². The molecule has 0 fully saturated rings. The molecular weight excluding hydrogens is 515 g/mol. The third kappa shape index (κ3) is 5.00. The summed E-state index contributed by atoms with van der Waals surface area (Å²) in [4.78, 5) is 27.7. The van der Waals surface area contributed by atoms with E-state index in [0.29, 0.717) is 24.5 Å². The normalized spacial score (nSPS) is 10.9. The van der Waals surface area contributed by atoms with Gasteiger partial charge in [-0.05, 0) is 50.2 Å². The molecule has 13 heteroatoms. The van der Waals surface area contributed by atoms with Crippen molar-refractivity contribution < 1.29 is 9.59 Å². The maximum absolute atomic E-state index is 13.6. The van der Waals surface area contributed by atoms with Gasteiger partial charge >= 0.3 is 0 Å². The fourth-order valence-electron chi connectivity index (χ4n) is 3.41. The highest BCUT2D eigenvalue weighted by Gasteiger charge is 2.27. The summed E-state index contributed by atoms with van der Waals surface area (Å²) in [6.45, 7) is 4.64. The number of aryl methyl sites for hydroxylation is 2. The summed E-state index contributed by atoms with van der Waals surface area (Å²) in [5.41, 5.74) is 1.41. The van der Waals surface area contributed by atoms with Crippen LogP contribution in [0.5, 0.6) is 0 Å². The number of aromatic nitrogens is 6. The Labute approximate surface area is 215 Å². The van der Waals surface area contributed by atoms with Crippen molar-refractivity contribution in [2.75, 3.05) is 10.2 Å². The number of rotatable bonds is 7. The van der Waals surface area contributed by atoms with Crippen LogP contribution in [0.3, 0.4) is 0 Å². The van der Waals surface area contributed by atoms with Crippen LogP contribution in [0.15, 0.2) is 48.8 Å². The molecular formula is C22H19Cl3N8O2. The Morgan fingerprint density at radius 2 is 1.46 bits per heavy atom. The van der Waals surface area contributed by atoms with Gasteiger partial charge in [-0.3, -0.25) is 23.9 Å². The molecule has 4 rings (SSSR count). The summed E-state index contributed by atoms with van der Waals surface area (Å²) >= 11 is 18.3. The minimum Gasteiger partial charge on any atom is -0.321 e. The lowest BCUT2D eigenvalue weighted by Crippen LogP contribution is -2.29. The van der Waals surface area contributed by atoms with Crippen LogP contribution in [0.2, 0.25) is 15.2 Å². The zero-order chi connectivity index (χ0) is 25.1. The van der Waals surface area contributed by atoms with Crippen molar-refractivity contribution in [3.05, 3.63) is 75.4 Å². The molecule has 0 saturated heterocycles. The zero-order valence-electron chi connectivity index (χ0n) is 18.6. The standard InChI is InChI=1S/C22H19Cl3N8O2/c1-3-31-19(15(23)11-26-31)21(34)28-13-5-7-14(8-6-13)33(18-10-9-17(25)29-30-18)22(35)20-16(24)12-27-32(20)4-2/h5-12H,3-4H2,1-2H3,(H,28,34). The molecule has 0 bridgehead atoms. The van der Waals surface area contributed by atoms with Gasteiger partial charge in [-0.1, -0.05) is 34.8 Å². The number of amides is 2. The lowest BCUT2D eigenvalue weighted by atomic mass is 10.2. The van der Waals surface area contributed by atoms with E-state index in [4.69, 9.17) is 34.8 Å². The number of nitrogens with one attached hydrogen (secondary N) is 1. The number of halogens is 3. The Hall–Kier alpha value is -3.47. The second-order valence-corrected chi connectivity index (χ2v) is 8.37. The molecule has 3 aromatic heterocycles. The molecule has 0 radical (unpaired) electrons. The van der Waals surface area contributed by atoms with Crippen molar-refractivity contribution in [1.29, 1.82) is 0 Å². The van der Waals surface area contributed by atoms with E-state index in [0.717, 1.165) is 0 Å². The number of anilines is 3. The monoisotopic (exact) mass is 532 g/mol. The minimum absolute atomic E-state index is 0.181. The molecule has 0 aliphatic carbocycles. The Morgan fingerprint density at radius 1 is 0.857 bits per heavy atom. The van der Waals surface area contributed by atoms with Gasteiger partial charge in [-0.2, -0.15) is 10.2 Å². The quantitative estimate of drug-likeness (QED) is 0.354. The highest BCUT2D eigenvalue weighted by molar-refractivity contribution is 6.35. The summed E-state index contributed by atoms with van der Waals surface area (Å²) in [5.74, 6) is -0.631. The van der Waals surface area contributed by atoms with Crippen LogP contribution >= 0.6 is 34.8 Å². The number of benzene rings is 1.